The normalized spacial score (nSPS) is 19.0. The maximum absolute atomic E-state index is 8.78. The Bertz CT molecular complexity index is 7640. The van der Waals surface area contributed by atoms with Crippen molar-refractivity contribution in [2.24, 2.45) is 0 Å². The Morgan fingerprint density at radius 1 is 0.252 bits per heavy atom. The van der Waals surface area contributed by atoms with Crippen molar-refractivity contribution < 1.29 is 38.5 Å². The molecule has 6 unspecified atom stereocenters. The molecule has 20 heteroatoms. The molecule has 0 radical (unpaired) electrons. The number of rotatable bonds is 8. The van der Waals surface area contributed by atoms with Gasteiger partial charge in [-0.25, -0.2) is 24.9 Å². The Kier molecular flexibility index (Phi) is 17.4. The van der Waals surface area contributed by atoms with Crippen LogP contribution in [0.5, 0.6) is 0 Å². The van der Waals surface area contributed by atoms with Gasteiger partial charge in [-0.05, 0) is 230 Å². The van der Waals surface area contributed by atoms with Gasteiger partial charge in [0, 0.05) is 129 Å². The van der Waals surface area contributed by atoms with Crippen LogP contribution in [0.4, 0.5) is 86.0 Å². The number of fused-ring (bicyclic) bond motifs is 20. The minimum atomic E-state index is -2.51. The molecule has 20 aromatic rings. The van der Waals surface area contributed by atoms with Crippen molar-refractivity contribution in [3.63, 3.8) is 0 Å². The molecule has 0 bridgehead atoms. The number of nitrogens with zero attached hydrogens (tertiary/aromatic N) is 15. The second-order valence-corrected chi connectivity index (χ2v) is 34.6. The van der Waals surface area contributed by atoms with Crippen LogP contribution in [0.3, 0.4) is 0 Å². The summed E-state index contributed by atoms with van der Waals surface area (Å²) in [5, 5.41) is 10.6. The molecule has 656 valence electrons. The number of anilines is 15. The van der Waals surface area contributed by atoms with Gasteiger partial charge in [-0.1, -0.05) is 152 Å². The maximum atomic E-state index is 8.78. The Hall–Kier alpha value is -15.1. The Morgan fingerprint density at radius 3 is 0.847 bits per heavy atom. The van der Waals surface area contributed by atoms with E-state index in [2.05, 4.69) is 134 Å². The van der Waals surface area contributed by atoms with E-state index in [9.17, 15) is 0 Å². The lowest BCUT2D eigenvalue weighted by molar-refractivity contribution is 0.598. The summed E-state index contributed by atoms with van der Waals surface area (Å²) < 4.78 is 130. The van der Waals surface area contributed by atoms with Crippen molar-refractivity contribution in [2.45, 2.75) is 160 Å². The summed E-state index contributed by atoms with van der Waals surface area (Å²) >= 11 is 0. The average molecular weight is 1740 g/mol. The fourth-order valence-corrected chi connectivity index (χ4v) is 20.3. The van der Waals surface area contributed by atoms with Crippen LogP contribution in [0.2, 0.25) is 0 Å². The van der Waals surface area contributed by atoms with Gasteiger partial charge in [0.05, 0.1) is 61.0 Å². The lowest BCUT2D eigenvalue weighted by atomic mass is 10.1. The zero-order valence-electron chi connectivity index (χ0n) is 87.6. The maximum Gasteiger partial charge on any atom is 0.159 e. The fraction of sp³-hybridized carbons (Fsp3) is 0.234. The number of benzene rings is 10. The summed E-state index contributed by atoms with van der Waals surface area (Å²) in [4.78, 5) is 41.9. The number of hydrogen-bond acceptors (Lipinski definition) is 20. The summed E-state index contributed by atoms with van der Waals surface area (Å²) in [6.45, 7) is 22.2. The standard InChI is InChI=1S/3C23H23N3O.2C21H19N3O/c1-14(2)25-16(4)26(19-9-7-13-24-23(19)25)21-15(3)11-12-18-17-8-5-6-10-20(17)27-22(18)21;2*1-14(2)25-16(4)26(23-19(25)9-7-13-24-23)21-15(3)11-12-18-17-8-5-6-10-20(17)27-22(18)21;1-13-10-11-16-15-7-4-5-9-18(15)25-20(16)19(13)24-14(2)23(3)21-17(24)8-6-12-22-21;1-13-10-11-16-15-7-4-5-9-18(15)25-20(16)19(13)24-14(2)23(3)17-8-6-12-22-21(17)24/h3*5-14,16H,1-4H3;2*4-12,14H,1-3H3/i14D;1D3,14D;14D;2*3D3. The zero-order valence-corrected chi connectivity index (χ0v) is 75.6. The van der Waals surface area contributed by atoms with E-state index < -0.39 is 57.4 Å². The molecule has 20 nitrogen and oxygen atoms in total. The second-order valence-electron chi connectivity index (χ2n) is 34.6. The first-order chi connectivity index (χ1) is 68.1. The van der Waals surface area contributed by atoms with Crippen LogP contribution in [0.25, 0.3) is 110 Å². The molecule has 5 aliphatic rings. The van der Waals surface area contributed by atoms with Gasteiger partial charge in [-0.3, -0.25) is 0 Å². The summed E-state index contributed by atoms with van der Waals surface area (Å²) in [7, 11) is 0. The van der Waals surface area contributed by atoms with Crippen molar-refractivity contribution in [1.82, 2.24) is 24.9 Å². The fourth-order valence-electron chi connectivity index (χ4n) is 20.3. The molecule has 25 rings (SSSR count). The van der Waals surface area contributed by atoms with Gasteiger partial charge >= 0.3 is 0 Å². The third-order valence-corrected chi connectivity index (χ3v) is 26.1. The summed E-state index contributed by atoms with van der Waals surface area (Å²) in [6, 6.07) is 76.4. The van der Waals surface area contributed by atoms with E-state index in [1.165, 1.54) is 16.7 Å². The van der Waals surface area contributed by atoms with Gasteiger partial charge in [-0.15, -0.1) is 0 Å². The Morgan fingerprint density at radius 2 is 0.511 bits per heavy atom. The Labute approximate surface area is 779 Å². The molecular weight excluding hydrogens is 1620 g/mol. The predicted octanol–water partition coefficient (Wildman–Crippen LogP) is 28.5. The molecule has 15 heterocycles. The third-order valence-electron chi connectivity index (χ3n) is 26.1. The molecule has 0 amide bonds. The van der Waals surface area contributed by atoms with Crippen LogP contribution >= 0.6 is 0 Å². The zero-order chi connectivity index (χ0) is 101. The largest absolute Gasteiger partial charge is 0.454 e. The monoisotopic (exact) mass is 1740 g/mol. The molecule has 0 spiro atoms. The molecule has 10 aromatic carbocycles. The highest BCUT2D eigenvalue weighted by Crippen LogP contribution is 2.55. The van der Waals surface area contributed by atoms with Crippen molar-refractivity contribution in [2.75, 3.05) is 63.0 Å². The van der Waals surface area contributed by atoms with E-state index >= 15 is 0 Å². The third kappa shape index (κ3) is 13.3. The van der Waals surface area contributed by atoms with E-state index in [-0.39, 0.29) is 12.3 Å². The van der Waals surface area contributed by atoms with E-state index in [4.69, 9.17) is 43.5 Å². The number of furan rings is 5. The van der Waals surface area contributed by atoms with Crippen LogP contribution in [0, 0.1) is 34.6 Å². The average Bonchev–Trinajstić information content (AvgIpc) is 1.57. The summed E-state index contributed by atoms with van der Waals surface area (Å²) in [5.41, 5.74) is 22.0. The molecule has 0 fully saturated rings. The number of aromatic nitrogens is 5. The van der Waals surface area contributed by atoms with Gasteiger partial charge in [-0.2, -0.15) is 0 Å². The number of para-hydroxylation sites is 5. The molecular formula is C111H107N15O5. The highest BCUT2D eigenvalue weighted by molar-refractivity contribution is 6.16. The van der Waals surface area contributed by atoms with E-state index in [0.29, 0.717) is 28.8 Å². The van der Waals surface area contributed by atoms with Crippen molar-refractivity contribution in [3.05, 3.63) is 301 Å². The first-order valence-corrected chi connectivity index (χ1v) is 44.4. The number of hydrogen-bond donors (Lipinski definition) is 0. The highest BCUT2D eigenvalue weighted by Gasteiger charge is 2.44. The first-order valence-electron chi connectivity index (χ1n) is 50.4. The smallest absolute Gasteiger partial charge is 0.159 e. The molecule has 0 saturated carbocycles. The summed E-state index contributed by atoms with van der Waals surface area (Å²) in [5.74, 6) is 3.41. The second kappa shape index (κ2) is 32.6. The quantitative estimate of drug-likeness (QED) is 0.141. The van der Waals surface area contributed by atoms with E-state index in [0.717, 1.165) is 195 Å². The minimum absolute atomic E-state index is 0.0603. The lowest BCUT2D eigenvalue weighted by Gasteiger charge is -2.33. The van der Waals surface area contributed by atoms with E-state index in [1.807, 2.05) is 248 Å². The molecule has 0 N–H and O–H groups in total. The van der Waals surface area contributed by atoms with Crippen LogP contribution in [-0.4, -0.2) is 87.8 Å². The number of pyridine rings is 5. The van der Waals surface area contributed by atoms with Crippen molar-refractivity contribution in [1.29, 1.82) is 0 Å². The molecule has 5 aliphatic heterocycles. The van der Waals surface area contributed by atoms with Gasteiger partial charge in [0.25, 0.3) is 0 Å². The molecule has 0 saturated heterocycles. The molecule has 131 heavy (non-hydrogen) atoms. The van der Waals surface area contributed by atoms with Crippen LogP contribution in [0.1, 0.15) is 120 Å². The van der Waals surface area contributed by atoms with E-state index in [1.54, 1.807) is 47.9 Å². The molecule has 6 atom stereocenters. The molecule has 10 aromatic heterocycles. The minimum Gasteiger partial charge on any atom is -0.454 e. The number of aryl methyl sites for hydroxylation is 5. The van der Waals surface area contributed by atoms with Crippen molar-refractivity contribution in [3.8, 4) is 0 Å². The first kappa shape index (κ1) is 70.0. The summed E-state index contributed by atoms with van der Waals surface area (Å²) in [6.07, 6.45) is 7.17. The van der Waals surface area contributed by atoms with Crippen molar-refractivity contribution >= 4 is 196 Å². The lowest BCUT2D eigenvalue weighted by Crippen LogP contribution is -2.42. The van der Waals surface area contributed by atoms with Gasteiger partial charge in [0.1, 0.15) is 58.7 Å². The molecule has 0 aliphatic carbocycles. The van der Waals surface area contributed by atoms with Crippen LogP contribution in [0.15, 0.2) is 296 Å². The van der Waals surface area contributed by atoms with Gasteiger partial charge in [0.15, 0.2) is 57.0 Å². The van der Waals surface area contributed by atoms with Crippen LogP contribution in [-0.2, 0) is 0 Å². The highest BCUT2D eigenvalue weighted by atomic mass is 16.3. The van der Waals surface area contributed by atoms with Gasteiger partial charge in [0.2, 0.25) is 0 Å². The van der Waals surface area contributed by atoms with Gasteiger partial charge < -0.3 is 71.1 Å². The van der Waals surface area contributed by atoms with Crippen LogP contribution < -0.4 is 49.0 Å². The topological polar surface area (TPSA) is 163 Å². The SMILES string of the molecule is [2H]C(C)(C)N1c2cccnc2N(c2c(C)ccc3c2oc2ccccc23)C1C.[2H]C(C)(C)N1c2ncccc2N(c2c(C)ccc3c2oc2ccccc23)C1C.[2H]C([2H])([2H])C([2H])(C)N1c2cccnc2N(c2c(C)ccc3c2oc2ccccc23)C1C.[2H]C([2H])([2H])N1c2cccnc2N(c2c(C)ccc3c2oc2ccccc23)C1C.[2H]C([2H])([2H])N1c2ncccc2N(c2c(C)ccc3c2oc2ccccc23)C1C. The Balaban J connectivity index is 0.000000106. The predicted molar refractivity (Wildman–Crippen MR) is 541 cm³/mol.